The van der Waals surface area contributed by atoms with E-state index in [4.69, 9.17) is 5.73 Å². The van der Waals surface area contributed by atoms with Crippen molar-refractivity contribution >= 4 is 38.7 Å². The first kappa shape index (κ1) is 16.3. The fraction of sp³-hybridized carbons (Fsp3) is 0.0476. The van der Waals surface area contributed by atoms with E-state index in [0.717, 1.165) is 26.8 Å². The molecule has 0 saturated carbocycles. The minimum absolute atomic E-state index is 0.0730. The highest BCUT2D eigenvalue weighted by atomic mass is 32.1. The Balaban J connectivity index is 1.54. The molecule has 1 amide bonds. The van der Waals surface area contributed by atoms with E-state index < -0.39 is 0 Å². The average Bonchev–Trinajstić information content (AvgIpc) is 3.03. The molecule has 5 heteroatoms. The van der Waals surface area contributed by atoms with Gasteiger partial charge in [0.15, 0.2) is 0 Å². The minimum atomic E-state index is -0.0730. The largest absolute Gasteiger partial charge is 0.396 e. The zero-order valence-electron chi connectivity index (χ0n) is 14.0. The number of rotatable bonds is 4. The number of carbonyl (C=O) groups is 1. The lowest BCUT2D eigenvalue weighted by Crippen LogP contribution is -2.14. The molecule has 4 nitrogen and oxygen atoms in total. The van der Waals surface area contributed by atoms with Crippen molar-refractivity contribution in [2.75, 3.05) is 11.1 Å². The lowest BCUT2D eigenvalue weighted by molar-refractivity contribution is -0.115. The molecule has 0 radical (unpaired) electrons. The Morgan fingerprint density at radius 3 is 2.65 bits per heavy atom. The molecule has 0 saturated heterocycles. The summed E-state index contributed by atoms with van der Waals surface area (Å²) in [5.41, 5.74) is 8.71. The van der Waals surface area contributed by atoms with Crippen LogP contribution in [0.5, 0.6) is 0 Å². The summed E-state index contributed by atoms with van der Waals surface area (Å²) in [6.45, 7) is 0. The molecule has 0 spiro atoms. The number of anilines is 2. The molecular weight excluding hydrogens is 342 g/mol. The molecule has 4 aromatic rings. The number of nitrogens with two attached hydrogens (primary N) is 1. The summed E-state index contributed by atoms with van der Waals surface area (Å²) in [7, 11) is 0. The van der Waals surface area contributed by atoms with Crippen LogP contribution in [0.15, 0.2) is 73.1 Å². The van der Waals surface area contributed by atoms with Gasteiger partial charge in [-0.2, -0.15) is 0 Å². The van der Waals surface area contributed by atoms with Crippen LogP contribution in [-0.4, -0.2) is 10.9 Å². The lowest BCUT2D eigenvalue weighted by atomic mass is 10.0. The van der Waals surface area contributed by atoms with Crippen molar-refractivity contribution in [3.8, 4) is 10.4 Å². The Morgan fingerprint density at radius 2 is 1.81 bits per heavy atom. The average molecular weight is 359 g/mol. The molecule has 0 aliphatic carbocycles. The number of hydrogen-bond acceptors (Lipinski definition) is 4. The second-order valence-corrected chi connectivity index (χ2v) is 7.05. The monoisotopic (exact) mass is 359 g/mol. The number of amides is 1. The molecule has 2 aromatic heterocycles. The number of nitrogens with one attached hydrogen (secondary N) is 1. The molecule has 2 aromatic carbocycles. The van der Waals surface area contributed by atoms with Crippen LogP contribution in [0.25, 0.3) is 21.2 Å². The van der Waals surface area contributed by atoms with Crippen molar-refractivity contribution in [3.63, 3.8) is 0 Å². The molecule has 128 valence electrons. The van der Waals surface area contributed by atoms with Gasteiger partial charge in [0.25, 0.3) is 0 Å². The van der Waals surface area contributed by atoms with Crippen LogP contribution in [0.1, 0.15) is 5.56 Å². The number of benzene rings is 2. The number of hydrogen-bond donors (Lipinski definition) is 2. The molecule has 3 N–H and O–H groups in total. The fourth-order valence-corrected chi connectivity index (χ4v) is 3.95. The molecule has 0 aliphatic rings. The van der Waals surface area contributed by atoms with Gasteiger partial charge in [0.2, 0.25) is 5.91 Å². The van der Waals surface area contributed by atoms with Gasteiger partial charge >= 0.3 is 0 Å². The van der Waals surface area contributed by atoms with Gasteiger partial charge < -0.3 is 11.1 Å². The van der Waals surface area contributed by atoms with Gasteiger partial charge in [-0.3, -0.25) is 9.78 Å². The van der Waals surface area contributed by atoms with E-state index in [1.54, 1.807) is 12.4 Å². The first-order valence-corrected chi connectivity index (χ1v) is 9.08. The predicted octanol–water partition coefficient (Wildman–Crippen LogP) is 4.73. The maximum absolute atomic E-state index is 12.6. The number of pyridine rings is 1. The SMILES string of the molecule is Nc1cc(-c2ccncc2)sc1NC(=O)Cc1cccc2ccccc12. The second kappa shape index (κ2) is 6.98. The normalized spacial score (nSPS) is 10.8. The van der Waals surface area contributed by atoms with Crippen molar-refractivity contribution in [1.82, 2.24) is 4.98 Å². The van der Waals surface area contributed by atoms with Crippen LogP contribution in [0.2, 0.25) is 0 Å². The van der Waals surface area contributed by atoms with Gasteiger partial charge in [-0.05, 0) is 40.1 Å². The molecule has 0 atom stereocenters. The second-order valence-electron chi connectivity index (χ2n) is 5.99. The topological polar surface area (TPSA) is 68.0 Å². The molecule has 0 fully saturated rings. The van der Waals surface area contributed by atoms with Crippen molar-refractivity contribution in [2.45, 2.75) is 6.42 Å². The summed E-state index contributed by atoms with van der Waals surface area (Å²) >= 11 is 1.47. The third-order valence-electron chi connectivity index (χ3n) is 4.21. The van der Waals surface area contributed by atoms with Gasteiger partial charge in [-0.25, -0.2) is 0 Å². The minimum Gasteiger partial charge on any atom is -0.396 e. The summed E-state index contributed by atoms with van der Waals surface area (Å²) in [5.74, 6) is -0.0730. The molecular formula is C21H17N3OS. The van der Waals surface area contributed by atoms with Crippen LogP contribution in [0, 0.1) is 0 Å². The zero-order chi connectivity index (χ0) is 17.9. The van der Waals surface area contributed by atoms with Crippen molar-refractivity contribution in [2.24, 2.45) is 0 Å². The smallest absolute Gasteiger partial charge is 0.229 e. The highest BCUT2D eigenvalue weighted by Crippen LogP contribution is 2.37. The van der Waals surface area contributed by atoms with E-state index in [1.807, 2.05) is 48.5 Å². The zero-order valence-corrected chi connectivity index (χ0v) is 14.8. The summed E-state index contributed by atoms with van der Waals surface area (Å²) in [4.78, 5) is 17.6. The summed E-state index contributed by atoms with van der Waals surface area (Å²) in [5, 5.41) is 5.87. The molecule has 0 unspecified atom stereocenters. The van der Waals surface area contributed by atoms with E-state index in [1.165, 1.54) is 11.3 Å². The van der Waals surface area contributed by atoms with Crippen LogP contribution < -0.4 is 11.1 Å². The Hall–Kier alpha value is -3.18. The van der Waals surface area contributed by atoms with Gasteiger partial charge in [-0.1, -0.05) is 42.5 Å². The molecule has 2 heterocycles. The number of carbonyl (C=O) groups excluding carboxylic acids is 1. The van der Waals surface area contributed by atoms with E-state index >= 15 is 0 Å². The maximum Gasteiger partial charge on any atom is 0.229 e. The quantitative estimate of drug-likeness (QED) is 0.554. The highest BCUT2D eigenvalue weighted by Gasteiger charge is 2.12. The molecule has 4 rings (SSSR count). The van der Waals surface area contributed by atoms with Gasteiger partial charge in [0.1, 0.15) is 5.00 Å². The molecule has 0 aliphatic heterocycles. The molecule has 26 heavy (non-hydrogen) atoms. The Morgan fingerprint density at radius 1 is 1.04 bits per heavy atom. The van der Waals surface area contributed by atoms with Crippen molar-refractivity contribution in [1.29, 1.82) is 0 Å². The van der Waals surface area contributed by atoms with E-state index in [9.17, 15) is 4.79 Å². The lowest BCUT2D eigenvalue weighted by Gasteiger charge is -2.07. The summed E-state index contributed by atoms with van der Waals surface area (Å²) < 4.78 is 0. The highest BCUT2D eigenvalue weighted by molar-refractivity contribution is 7.20. The number of fused-ring (bicyclic) bond motifs is 1. The predicted molar refractivity (Wildman–Crippen MR) is 108 cm³/mol. The summed E-state index contributed by atoms with van der Waals surface area (Å²) in [6, 6.07) is 19.8. The first-order valence-electron chi connectivity index (χ1n) is 8.27. The Kier molecular flexibility index (Phi) is 4.37. The van der Waals surface area contributed by atoms with Crippen molar-refractivity contribution < 1.29 is 4.79 Å². The van der Waals surface area contributed by atoms with Crippen LogP contribution >= 0.6 is 11.3 Å². The van der Waals surface area contributed by atoms with E-state index in [0.29, 0.717) is 17.1 Å². The Bertz CT molecular complexity index is 1070. The number of nitrogen functional groups attached to an aromatic ring is 1. The maximum atomic E-state index is 12.6. The standard InChI is InChI=1S/C21H17N3OS/c22-18-13-19(15-8-10-23-11-9-15)26-21(18)24-20(25)12-16-6-3-5-14-4-1-2-7-17(14)16/h1-11,13H,12,22H2,(H,24,25). The van der Waals surface area contributed by atoms with Gasteiger partial charge in [0, 0.05) is 17.3 Å². The number of aromatic nitrogens is 1. The van der Waals surface area contributed by atoms with Crippen LogP contribution in [-0.2, 0) is 11.2 Å². The van der Waals surface area contributed by atoms with Crippen molar-refractivity contribution in [3.05, 3.63) is 78.6 Å². The van der Waals surface area contributed by atoms with Crippen LogP contribution in [0.4, 0.5) is 10.7 Å². The van der Waals surface area contributed by atoms with Gasteiger partial charge in [-0.15, -0.1) is 11.3 Å². The number of nitrogens with zero attached hydrogens (tertiary/aromatic N) is 1. The summed E-state index contributed by atoms with van der Waals surface area (Å²) in [6.07, 6.45) is 3.79. The van der Waals surface area contributed by atoms with E-state index in [2.05, 4.69) is 22.4 Å². The Labute approximate surface area is 155 Å². The van der Waals surface area contributed by atoms with E-state index in [-0.39, 0.29) is 5.91 Å². The third-order valence-corrected chi connectivity index (χ3v) is 5.32. The van der Waals surface area contributed by atoms with Crippen LogP contribution in [0.3, 0.4) is 0 Å². The van der Waals surface area contributed by atoms with Gasteiger partial charge in [0.05, 0.1) is 12.1 Å². The first-order chi connectivity index (χ1) is 12.7. The third kappa shape index (κ3) is 3.30. The fourth-order valence-electron chi connectivity index (χ4n) is 2.95. The molecule has 0 bridgehead atoms. The number of thiophene rings is 1.